The third kappa shape index (κ3) is 2.99. The Labute approximate surface area is 102 Å². The van der Waals surface area contributed by atoms with Crippen LogP contribution < -0.4 is 5.32 Å². The number of nitrogens with one attached hydrogen (secondary N) is 1. The van der Waals surface area contributed by atoms with Crippen LogP contribution in [0.25, 0.3) is 0 Å². The van der Waals surface area contributed by atoms with Crippen molar-refractivity contribution in [1.82, 2.24) is 0 Å². The molecule has 88 valence electrons. The zero-order valence-electron chi connectivity index (χ0n) is 10.2. The topological polar surface area (TPSA) is 29.1 Å². The molecule has 1 N–H and O–H groups in total. The molecule has 0 saturated heterocycles. The summed E-state index contributed by atoms with van der Waals surface area (Å²) < 4.78 is 0. The van der Waals surface area contributed by atoms with E-state index in [4.69, 9.17) is 11.6 Å². The smallest absolute Gasteiger partial charge is 0.230 e. The highest BCUT2D eigenvalue weighted by Crippen LogP contribution is 2.24. The number of carbonyl (C=O) groups excluding carboxylic acids is 1. The van der Waals surface area contributed by atoms with E-state index in [1.807, 2.05) is 39.8 Å². The summed E-state index contributed by atoms with van der Waals surface area (Å²) in [6.45, 7) is 7.79. The third-order valence-electron chi connectivity index (χ3n) is 2.93. The van der Waals surface area contributed by atoms with Crippen LogP contribution >= 0.6 is 11.6 Å². The molecule has 1 rings (SSSR count). The van der Waals surface area contributed by atoms with Gasteiger partial charge in [0.25, 0.3) is 0 Å². The van der Waals surface area contributed by atoms with Crippen molar-refractivity contribution in [2.24, 2.45) is 5.41 Å². The minimum Gasteiger partial charge on any atom is -0.326 e. The monoisotopic (exact) mass is 239 g/mol. The Morgan fingerprint density at radius 1 is 1.44 bits per heavy atom. The lowest BCUT2D eigenvalue weighted by atomic mass is 9.89. The number of aryl methyl sites for hydroxylation is 1. The van der Waals surface area contributed by atoms with Crippen LogP contribution in [0.1, 0.15) is 32.8 Å². The number of hydrogen-bond donors (Lipinski definition) is 1. The number of benzene rings is 1. The molecule has 1 aromatic carbocycles. The molecule has 0 unspecified atom stereocenters. The minimum atomic E-state index is -0.350. The number of amides is 1. The Hall–Kier alpha value is -1.02. The van der Waals surface area contributed by atoms with Crippen LogP contribution in [0.5, 0.6) is 0 Å². The molecule has 3 heteroatoms. The van der Waals surface area contributed by atoms with Crippen LogP contribution in [0.4, 0.5) is 5.69 Å². The fraction of sp³-hybridized carbons (Fsp3) is 0.462. The summed E-state index contributed by atoms with van der Waals surface area (Å²) in [6, 6.07) is 5.54. The second kappa shape index (κ2) is 4.88. The second-order valence-electron chi connectivity index (χ2n) is 4.66. The van der Waals surface area contributed by atoms with Gasteiger partial charge in [0, 0.05) is 16.1 Å². The molecule has 1 amide bonds. The van der Waals surface area contributed by atoms with Gasteiger partial charge in [-0.25, -0.2) is 0 Å². The second-order valence-corrected chi connectivity index (χ2v) is 5.06. The molecular formula is C13H18ClNO. The molecule has 16 heavy (non-hydrogen) atoms. The minimum absolute atomic E-state index is 0.0231. The molecule has 0 aliphatic heterocycles. The van der Waals surface area contributed by atoms with Crippen LogP contribution in [-0.4, -0.2) is 5.91 Å². The van der Waals surface area contributed by atoms with Gasteiger partial charge in [0.15, 0.2) is 0 Å². The third-order valence-corrected chi connectivity index (χ3v) is 3.34. The van der Waals surface area contributed by atoms with Crippen molar-refractivity contribution in [2.45, 2.75) is 34.1 Å². The molecule has 2 nitrogen and oxygen atoms in total. The molecule has 0 aliphatic rings. The summed E-state index contributed by atoms with van der Waals surface area (Å²) in [7, 11) is 0. The molecule has 0 fully saturated rings. The molecular weight excluding hydrogens is 222 g/mol. The first-order valence-corrected chi connectivity index (χ1v) is 5.82. The molecule has 0 aliphatic carbocycles. The van der Waals surface area contributed by atoms with Gasteiger partial charge >= 0.3 is 0 Å². The van der Waals surface area contributed by atoms with E-state index in [-0.39, 0.29) is 11.3 Å². The number of rotatable bonds is 3. The van der Waals surface area contributed by atoms with Gasteiger partial charge in [0.1, 0.15) is 0 Å². The van der Waals surface area contributed by atoms with Gasteiger partial charge in [-0.15, -0.1) is 0 Å². The van der Waals surface area contributed by atoms with Gasteiger partial charge in [0.05, 0.1) is 0 Å². The van der Waals surface area contributed by atoms with E-state index in [1.54, 1.807) is 6.07 Å². The van der Waals surface area contributed by atoms with E-state index < -0.39 is 0 Å². The van der Waals surface area contributed by atoms with Gasteiger partial charge < -0.3 is 5.32 Å². The maximum absolute atomic E-state index is 11.9. The van der Waals surface area contributed by atoms with Gasteiger partial charge in [-0.1, -0.05) is 38.4 Å². The van der Waals surface area contributed by atoms with Gasteiger partial charge in [-0.3, -0.25) is 4.79 Å². The predicted octanol–water partition coefficient (Wildman–Crippen LogP) is 4.02. The number of anilines is 1. The van der Waals surface area contributed by atoms with E-state index in [2.05, 4.69) is 5.32 Å². The standard InChI is InChI=1S/C13H18ClNO/c1-5-13(3,4)12(16)15-10-7-6-9(2)11(14)8-10/h6-8H,5H2,1-4H3,(H,15,16). The lowest BCUT2D eigenvalue weighted by molar-refractivity contribution is -0.124. The van der Waals surface area contributed by atoms with Crippen molar-refractivity contribution in [2.75, 3.05) is 5.32 Å². The largest absolute Gasteiger partial charge is 0.326 e. The predicted molar refractivity (Wildman–Crippen MR) is 68.9 cm³/mol. The quantitative estimate of drug-likeness (QED) is 0.848. The zero-order chi connectivity index (χ0) is 12.3. The first-order chi connectivity index (χ1) is 7.36. The highest BCUT2D eigenvalue weighted by molar-refractivity contribution is 6.31. The number of hydrogen-bond acceptors (Lipinski definition) is 1. The number of halogens is 1. The Balaban J connectivity index is 2.82. The maximum Gasteiger partial charge on any atom is 0.230 e. The van der Waals surface area contributed by atoms with Crippen LogP contribution in [0.3, 0.4) is 0 Å². The molecule has 0 bridgehead atoms. The summed E-state index contributed by atoms with van der Waals surface area (Å²) in [5.41, 5.74) is 1.41. The number of carbonyl (C=O) groups is 1. The van der Waals surface area contributed by atoms with Crippen molar-refractivity contribution < 1.29 is 4.79 Å². The highest BCUT2D eigenvalue weighted by atomic mass is 35.5. The van der Waals surface area contributed by atoms with Gasteiger partial charge in [0.2, 0.25) is 5.91 Å². The lowest BCUT2D eigenvalue weighted by Gasteiger charge is -2.21. The first-order valence-electron chi connectivity index (χ1n) is 5.44. The molecule has 1 aromatic rings. The summed E-state index contributed by atoms with van der Waals surface area (Å²) in [5.74, 6) is 0.0231. The fourth-order valence-electron chi connectivity index (χ4n) is 1.13. The van der Waals surface area contributed by atoms with Crippen LogP contribution in [-0.2, 0) is 4.79 Å². The van der Waals surface area contributed by atoms with Crippen LogP contribution in [0.2, 0.25) is 5.02 Å². The molecule has 0 atom stereocenters. The Kier molecular flexibility index (Phi) is 3.98. The molecule has 0 aromatic heterocycles. The SMILES string of the molecule is CCC(C)(C)C(=O)Nc1ccc(C)c(Cl)c1. The summed E-state index contributed by atoms with van der Waals surface area (Å²) in [4.78, 5) is 11.9. The molecule has 0 saturated carbocycles. The lowest BCUT2D eigenvalue weighted by Crippen LogP contribution is -2.29. The average Bonchev–Trinajstić information content (AvgIpc) is 2.23. The normalized spacial score (nSPS) is 11.3. The Morgan fingerprint density at radius 3 is 2.56 bits per heavy atom. The highest BCUT2D eigenvalue weighted by Gasteiger charge is 2.25. The van der Waals surface area contributed by atoms with E-state index in [0.29, 0.717) is 5.02 Å². The van der Waals surface area contributed by atoms with E-state index in [9.17, 15) is 4.79 Å². The van der Waals surface area contributed by atoms with Crippen LogP contribution in [0, 0.1) is 12.3 Å². The zero-order valence-corrected chi connectivity index (χ0v) is 11.0. The van der Waals surface area contributed by atoms with Crippen molar-refractivity contribution in [3.8, 4) is 0 Å². The van der Waals surface area contributed by atoms with Crippen molar-refractivity contribution in [3.63, 3.8) is 0 Å². The molecule has 0 radical (unpaired) electrons. The van der Waals surface area contributed by atoms with E-state index >= 15 is 0 Å². The van der Waals surface area contributed by atoms with Gasteiger partial charge in [-0.05, 0) is 31.0 Å². The van der Waals surface area contributed by atoms with E-state index in [0.717, 1.165) is 17.7 Å². The Bertz CT molecular complexity index is 399. The molecule has 0 spiro atoms. The van der Waals surface area contributed by atoms with Crippen molar-refractivity contribution in [1.29, 1.82) is 0 Å². The van der Waals surface area contributed by atoms with Gasteiger partial charge in [-0.2, -0.15) is 0 Å². The van der Waals surface area contributed by atoms with E-state index in [1.165, 1.54) is 0 Å². The summed E-state index contributed by atoms with van der Waals surface area (Å²) in [6.07, 6.45) is 0.804. The Morgan fingerprint density at radius 2 is 2.06 bits per heavy atom. The first kappa shape index (κ1) is 13.0. The van der Waals surface area contributed by atoms with Crippen molar-refractivity contribution >= 4 is 23.2 Å². The maximum atomic E-state index is 11.9. The molecule has 0 heterocycles. The fourth-order valence-corrected chi connectivity index (χ4v) is 1.31. The summed E-state index contributed by atoms with van der Waals surface area (Å²) >= 11 is 5.99. The van der Waals surface area contributed by atoms with Crippen LogP contribution in [0.15, 0.2) is 18.2 Å². The summed E-state index contributed by atoms with van der Waals surface area (Å²) in [5, 5.41) is 3.55. The van der Waals surface area contributed by atoms with Crippen molar-refractivity contribution in [3.05, 3.63) is 28.8 Å². The average molecular weight is 240 g/mol.